The normalized spacial score (nSPS) is 27.3. The number of rotatable bonds is 6. The molecule has 1 rings (SSSR count). The molecule has 1 fully saturated rings. The van der Waals surface area contributed by atoms with Gasteiger partial charge in [-0.05, 0) is 25.2 Å². The molecular formula is C10H19N3O3S2. The van der Waals surface area contributed by atoms with Crippen molar-refractivity contribution in [1.82, 2.24) is 5.32 Å². The van der Waals surface area contributed by atoms with Gasteiger partial charge in [0.15, 0.2) is 0 Å². The van der Waals surface area contributed by atoms with E-state index in [0.29, 0.717) is 18.8 Å². The summed E-state index contributed by atoms with van der Waals surface area (Å²) in [6.45, 7) is 2.29. The number of hydrogen-bond donors (Lipinski definition) is 3. The number of primary sulfonamides is 1. The largest absolute Gasteiger partial charge is 0.392 e. The van der Waals surface area contributed by atoms with Gasteiger partial charge in [0.25, 0.3) is 0 Å². The van der Waals surface area contributed by atoms with E-state index < -0.39 is 15.4 Å². The summed E-state index contributed by atoms with van der Waals surface area (Å²) in [4.78, 5) is 12.2. The van der Waals surface area contributed by atoms with Crippen LogP contribution in [0.3, 0.4) is 0 Å². The molecule has 0 aliphatic heterocycles. The van der Waals surface area contributed by atoms with E-state index in [1.807, 2.05) is 6.92 Å². The Labute approximate surface area is 113 Å². The minimum Gasteiger partial charge on any atom is -0.392 e. The summed E-state index contributed by atoms with van der Waals surface area (Å²) in [6, 6.07) is 0. The van der Waals surface area contributed by atoms with Crippen LogP contribution in [0.2, 0.25) is 0 Å². The molecule has 18 heavy (non-hydrogen) atoms. The van der Waals surface area contributed by atoms with E-state index in [1.165, 1.54) is 0 Å². The molecule has 5 N–H and O–H groups in total. The van der Waals surface area contributed by atoms with E-state index in [-0.39, 0.29) is 29.6 Å². The molecule has 0 aromatic heterocycles. The van der Waals surface area contributed by atoms with E-state index in [0.717, 1.165) is 0 Å². The molecule has 1 saturated carbocycles. The highest BCUT2D eigenvalue weighted by Crippen LogP contribution is 2.45. The summed E-state index contributed by atoms with van der Waals surface area (Å²) in [6.07, 6.45) is 1.60. The number of hydrogen-bond acceptors (Lipinski definition) is 4. The Morgan fingerprint density at radius 2 is 2.06 bits per heavy atom. The summed E-state index contributed by atoms with van der Waals surface area (Å²) in [5.41, 5.74) is 4.88. The lowest BCUT2D eigenvalue weighted by atomic mass is 9.62. The van der Waals surface area contributed by atoms with Crippen LogP contribution >= 0.6 is 12.2 Å². The predicted molar refractivity (Wildman–Crippen MR) is 73.2 cm³/mol. The van der Waals surface area contributed by atoms with Crippen LogP contribution in [0.4, 0.5) is 0 Å². The molecule has 0 bridgehead atoms. The lowest BCUT2D eigenvalue weighted by Gasteiger charge is -2.44. The molecule has 6 nitrogen and oxygen atoms in total. The molecule has 0 radical (unpaired) electrons. The van der Waals surface area contributed by atoms with E-state index in [1.54, 1.807) is 0 Å². The van der Waals surface area contributed by atoms with Crippen molar-refractivity contribution in [2.45, 2.75) is 26.2 Å². The fourth-order valence-electron chi connectivity index (χ4n) is 2.27. The summed E-state index contributed by atoms with van der Waals surface area (Å²) in [5.74, 6) is 0.0770. The Hall–Kier alpha value is -0.730. The Morgan fingerprint density at radius 3 is 2.44 bits per heavy atom. The first-order valence-corrected chi connectivity index (χ1v) is 7.88. The molecule has 0 unspecified atom stereocenters. The molecule has 0 spiro atoms. The van der Waals surface area contributed by atoms with Crippen molar-refractivity contribution in [3.63, 3.8) is 0 Å². The van der Waals surface area contributed by atoms with Gasteiger partial charge in [-0.3, -0.25) is 4.79 Å². The third-order valence-corrected chi connectivity index (χ3v) is 4.44. The van der Waals surface area contributed by atoms with Crippen LogP contribution in [0.25, 0.3) is 0 Å². The van der Waals surface area contributed by atoms with Crippen molar-refractivity contribution in [2.75, 3.05) is 12.3 Å². The third-order valence-electron chi connectivity index (χ3n) is 3.19. The van der Waals surface area contributed by atoms with Gasteiger partial charge >= 0.3 is 0 Å². The molecule has 8 heteroatoms. The third kappa shape index (κ3) is 3.63. The van der Waals surface area contributed by atoms with Gasteiger partial charge in [0.2, 0.25) is 15.9 Å². The van der Waals surface area contributed by atoms with Crippen LogP contribution in [0.1, 0.15) is 26.2 Å². The predicted octanol–water partition coefficient (Wildman–Crippen LogP) is -0.516. The number of sulfonamides is 1. The fourth-order valence-corrected chi connectivity index (χ4v) is 3.08. The molecule has 0 atom stereocenters. The van der Waals surface area contributed by atoms with Crippen molar-refractivity contribution in [3.8, 4) is 0 Å². The molecule has 1 amide bonds. The van der Waals surface area contributed by atoms with Gasteiger partial charge < -0.3 is 11.1 Å². The maximum absolute atomic E-state index is 12.0. The first-order valence-electron chi connectivity index (χ1n) is 5.76. The second-order valence-electron chi connectivity index (χ2n) is 4.94. The maximum Gasteiger partial charge on any atom is 0.233 e. The lowest BCUT2D eigenvalue weighted by Crippen LogP contribution is -2.56. The number of thiocarbonyl (C=S) groups is 1. The van der Waals surface area contributed by atoms with E-state index >= 15 is 0 Å². The molecule has 1 aliphatic carbocycles. The van der Waals surface area contributed by atoms with Crippen LogP contribution < -0.4 is 16.2 Å². The second kappa shape index (κ2) is 5.50. The maximum atomic E-state index is 12.0. The van der Waals surface area contributed by atoms with Crippen molar-refractivity contribution in [3.05, 3.63) is 0 Å². The number of carbonyl (C=O) groups excluding carboxylic acids is 1. The van der Waals surface area contributed by atoms with Gasteiger partial charge in [-0.2, -0.15) is 0 Å². The first-order chi connectivity index (χ1) is 8.17. The highest BCUT2D eigenvalue weighted by Gasteiger charge is 2.50. The van der Waals surface area contributed by atoms with Gasteiger partial charge in [-0.1, -0.05) is 19.1 Å². The lowest BCUT2D eigenvalue weighted by molar-refractivity contribution is -0.132. The van der Waals surface area contributed by atoms with E-state index in [9.17, 15) is 13.2 Å². The first kappa shape index (κ1) is 15.3. The van der Waals surface area contributed by atoms with Gasteiger partial charge in [-0.15, -0.1) is 0 Å². The van der Waals surface area contributed by atoms with Crippen molar-refractivity contribution < 1.29 is 13.2 Å². The quantitative estimate of drug-likeness (QED) is 0.450. The van der Waals surface area contributed by atoms with Gasteiger partial charge in [0, 0.05) is 6.54 Å². The zero-order valence-electron chi connectivity index (χ0n) is 10.3. The smallest absolute Gasteiger partial charge is 0.233 e. The molecule has 0 heterocycles. The van der Waals surface area contributed by atoms with Crippen LogP contribution in [-0.2, 0) is 14.8 Å². The number of amides is 1. The summed E-state index contributed by atoms with van der Waals surface area (Å²) in [7, 11) is -3.48. The average molecular weight is 293 g/mol. The Balaban J connectivity index is 2.43. The monoisotopic (exact) mass is 293 g/mol. The topological polar surface area (TPSA) is 115 Å². The summed E-state index contributed by atoms with van der Waals surface area (Å²) in [5, 5.41) is 7.53. The molecule has 1 aliphatic rings. The van der Waals surface area contributed by atoms with Crippen LogP contribution in [0.15, 0.2) is 0 Å². The standard InChI is InChI=1S/C10H19N3O3S2/c1-7-5-10(6-7,8(11)17)9(14)13-3-2-4-18(12,15)16/h7H,2-6H2,1H3,(H2,11,17)(H,13,14)(H2,12,15,16). The summed E-state index contributed by atoms with van der Waals surface area (Å²) < 4.78 is 21.4. The number of nitrogens with one attached hydrogen (secondary N) is 1. The highest BCUT2D eigenvalue weighted by atomic mass is 32.2. The minimum absolute atomic E-state index is 0.149. The van der Waals surface area contributed by atoms with Crippen LogP contribution in [0.5, 0.6) is 0 Å². The van der Waals surface area contributed by atoms with E-state index in [2.05, 4.69) is 5.32 Å². The molecular weight excluding hydrogens is 274 g/mol. The van der Waals surface area contributed by atoms with Crippen molar-refractivity contribution in [2.24, 2.45) is 22.2 Å². The van der Waals surface area contributed by atoms with Gasteiger partial charge in [0.05, 0.1) is 16.2 Å². The average Bonchev–Trinajstić information content (AvgIpc) is 2.17. The summed E-state index contributed by atoms with van der Waals surface area (Å²) >= 11 is 4.95. The van der Waals surface area contributed by atoms with Crippen LogP contribution in [-0.4, -0.2) is 31.6 Å². The molecule has 104 valence electrons. The van der Waals surface area contributed by atoms with Gasteiger partial charge in [0.1, 0.15) is 0 Å². The van der Waals surface area contributed by atoms with E-state index in [4.69, 9.17) is 23.1 Å². The SMILES string of the molecule is CC1CC(C(=O)NCCCS(N)(=O)=O)(C(N)=S)C1. The Morgan fingerprint density at radius 1 is 1.50 bits per heavy atom. The molecule has 0 aromatic carbocycles. The minimum atomic E-state index is -3.48. The zero-order chi connectivity index (χ0) is 14.0. The number of nitrogens with two attached hydrogens (primary N) is 2. The second-order valence-corrected chi connectivity index (χ2v) is 7.11. The molecule has 0 aromatic rings. The Bertz CT molecular complexity index is 441. The van der Waals surface area contributed by atoms with Crippen molar-refractivity contribution >= 4 is 33.1 Å². The van der Waals surface area contributed by atoms with Gasteiger partial charge in [-0.25, -0.2) is 13.6 Å². The fraction of sp³-hybridized carbons (Fsp3) is 0.800. The number of carbonyl (C=O) groups is 1. The van der Waals surface area contributed by atoms with Crippen LogP contribution in [0, 0.1) is 11.3 Å². The highest BCUT2D eigenvalue weighted by molar-refractivity contribution is 7.89. The zero-order valence-corrected chi connectivity index (χ0v) is 11.9. The van der Waals surface area contributed by atoms with Crippen molar-refractivity contribution in [1.29, 1.82) is 0 Å². The Kier molecular flexibility index (Phi) is 4.68. The molecule has 0 saturated heterocycles.